The molecule has 1 unspecified atom stereocenters. The normalized spacial score (nSPS) is 12.0. The molecule has 0 aliphatic carbocycles. The zero-order chi connectivity index (χ0) is 13.8. The third kappa shape index (κ3) is 3.52. The predicted octanol–water partition coefficient (Wildman–Crippen LogP) is 4.57. The van der Waals surface area contributed by atoms with E-state index in [-0.39, 0.29) is 6.04 Å². The van der Waals surface area contributed by atoms with E-state index in [1.54, 1.807) is 19.4 Å². The Morgan fingerprint density at radius 2 is 1.95 bits per heavy atom. The van der Waals surface area contributed by atoms with Crippen LogP contribution in [0.4, 0.5) is 5.69 Å². The quantitative estimate of drug-likeness (QED) is 0.897. The van der Waals surface area contributed by atoms with E-state index in [9.17, 15) is 0 Å². The molecule has 0 saturated carbocycles. The third-order valence-electron chi connectivity index (χ3n) is 2.77. The number of methoxy groups -OCH3 is 1. The Morgan fingerprint density at radius 3 is 2.53 bits per heavy atom. The summed E-state index contributed by atoms with van der Waals surface area (Å²) in [4.78, 5) is 4.14. The molecule has 1 atom stereocenters. The van der Waals surface area contributed by atoms with Gasteiger partial charge in [-0.25, -0.2) is 4.98 Å². The van der Waals surface area contributed by atoms with Crippen LogP contribution in [0.2, 0.25) is 10.0 Å². The van der Waals surface area contributed by atoms with Crippen LogP contribution < -0.4 is 10.1 Å². The number of hydrogen-bond donors (Lipinski definition) is 1. The molecule has 100 valence electrons. The molecule has 2 rings (SSSR count). The van der Waals surface area contributed by atoms with E-state index in [1.807, 2.05) is 31.2 Å². The SMILES string of the molecule is COc1ccc(NC(C)c2ccc(Cl)c(Cl)c2)cn1. The van der Waals surface area contributed by atoms with Crippen LogP contribution in [-0.4, -0.2) is 12.1 Å². The first-order valence-corrected chi connectivity index (χ1v) is 6.57. The number of ether oxygens (including phenoxy) is 1. The van der Waals surface area contributed by atoms with Crippen LogP contribution in [-0.2, 0) is 0 Å². The average molecular weight is 297 g/mol. The van der Waals surface area contributed by atoms with Gasteiger partial charge in [-0.3, -0.25) is 0 Å². The number of nitrogens with one attached hydrogen (secondary N) is 1. The number of hydrogen-bond acceptors (Lipinski definition) is 3. The Bertz CT molecular complexity index is 558. The molecule has 0 radical (unpaired) electrons. The molecule has 0 saturated heterocycles. The maximum Gasteiger partial charge on any atom is 0.213 e. The van der Waals surface area contributed by atoms with E-state index < -0.39 is 0 Å². The maximum absolute atomic E-state index is 6.01. The molecule has 19 heavy (non-hydrogen) atoms. The van der Waals surface area contributed by atoms with Gasteiger partial charge in [0, 0.05) is 12.1 Å². The molecule has 0 aliphatic rings. The lowest BCUT2D eigenvalue weighted by Gasteiger charge is -2.16. The topological polar surface area (TPSA) is 34.1 Å². The van der Waals surface area contributed by atoms with Crippen molar-refractivity contribution < 1.29 is 4.74 Å². The van der Waals surface area contributed by atoms with E-state index in [0.29, 0.717) is 15.9 Å². The largest absolute Gasteiger partial charge is 0.481 e. The van der Waals surface area contributed by atoms with Crippen LogP contribution in [0, 0.1) is 0 Å². The van der Waals surface area contributed by atoms with E-state index in [1.165, 1.54) is 0 Å². The highest BCUT2D eigenvalue weighted by Crippen LogP contribution is 2.27. The molecule has 0 amide bonds. The summed E-state index contributed by atoms with van der Waals surface area (Å²) >= 11 is 11.9. The van der Waals surface area contributed by atoms with E-state index in [0.717, 1.165) is 11.3 Å². The second-order valence-corrected chi connectivity index (χ2v) is 4.94. The Morgan fingerprint density at radius 1 is 1.16 bits per heavy atom. The molecule has 1 aromatic carbocycles. The minimum absolute atomic E-state index is 0.102. The summed E-state index contributed by atoms with van der Waals surface area (Å²) in [5.74, 6) is 0.591. The van der Waals surface area contributed by atoms with Crippen molar-refractivity contribution in [3.05, 3.63) is 52.1 Å². The Hall–Kier alpha value is -1.45. The van der Waals surface area contributed by atoms with Gasteiger partial charge in [0.15, 0.2) is 0 Å². The summed E-state index contributed by atoms with van der Waals surface area (Å²) in [6.45, 7) is 2.05. The molecular weight excluding hydrogens is 283 g/mol. The molecule has 0 aliphatic heterocycles. The van der Waals surface area contributed by atoms with Crippen LogP contribution >= 0.6 is 23.2 Å². The second kappa shape index (κ2) is 6.13. The zero-order valence-electron chi connectivity index (χ0n) is 10.7. The standard InChI is InChI=1S/C14H14Cl2N2O/c1-9(10-3-5-12(15)13(16)7-10)18-11-4-6-14(19-2)17-8-11/h3-9,18H,1-2H3. The highest BCUT2D eigenvalue weighted by molar-refractivity contribution is 6.42. The van der Waals surface area contributed by atoms with Gasteiger partial charge in [0.1, 0.15) is 0 Å². The molecule has 0 bridgehead atoms. The van der Waals surface area contributed by atoms with Gasteiger partial charge in [0.05, 0.1) is 29.0 Å². The van der Waals surface area contributed by atoms with Crippen LogP contribution in [0.3, 0.4) is 0 Å². The molecule has 0 spiro atoms. The first-order chi connectivity index (χ1) is 9.10. The van der Waals surface area contributed by atoms with E-state index >= 15 is 0 Å². The van der Waals surface area contributed by atoms with E-state index in [4.69, 9.17) is 27.9 Å². The van der Waals surface area contributed by atoms with Crippen molar-refractivity contribution in [2.45, 2.75) is 13.0 Å². The van der Waals surface area contributed by atoms with Gasteiger partial charge in [0.2, 0.25) is 5.88 Å². The van der Waals surface area contributed by atoms with Gasteiger partial charge in [-0.15, -0.1) is 0 Å². The number of benzene rings is 1. The number of nitrogens with zero attached hydrogens (tertiary/aromatic N) is 1. The summed E-state index contributed by atoms with van der Waals surface area (Å²) in [6.07, 6.45) is 1.73. The van der Waals surface area contributed by atoms with Crippen LogP contribution in [0.25, 0.3) is 0 Å². The van der Waals surface area contributed by atoms with Gasteiger partial charge in [-0.1, -0.05) is 29.3 Å². The van der Waals surface area contributed by atoms with Crippen molar-refractivity contribution in [1.82, 2.24) is 4.98 Å². The summed E-state index contributed by atoms with van der Waals surface area (Å²) in [5.41, 5.74) is 1.98. The smallest absolute Gasteiger partial charge is 0.213 e. The van der Waals surface area contributed by atoms with Gasteiger partial charge < -0.3 is 10.1 Å². The van der Waals surface area contributed by atoms with Crippen molar-refractivity contribution in [3.63, 3.8) is 0 Å². The summed E-state index contributed by atoms with van der Waals surface area (Å²) in [7, 11) is 1.59. The Kier molecular flexibility index (Phi) is 4.51. The average Bonchev–Trinajstić information content (AvgIpc) is 2.42. The summed E-state index contributed by atoms with van der Waals surface area (Å²) < 4.78 is 5.02. The number of rotatable bonds is 4. The molecule has 1 heterocycles. The van der Waals surface area contributed by atoms with Crippen molar-refractivity contribution in [1.29, 1.82) is 0 Å². The lowest BCUT2D eigenvalue weighted by atomic mass is 10.1. The molecule has 1 aromatic heterocycles. The van der Waals surface area contributed by atoms with Crippen LogP contribution in [0.1, 0.15) is 18.5 Å². The molecular formula is C14H14Cl2N2O. The highest BCUT2D eigenvalue weighted by Gasteiger charge is 2.08. The fraction of sp³-hybridized carbons (Fsp3) is 0.214. The number of pyridine rings is 1. The lowest BCUT2D eigenvalue weighted by molar-refractivity contribution is 0.398. The second-order valence-electron chi connectivity index (χ2n) is 4.13. The fourth-order valence-electron chi connectivity index (χ4n) is 1.70. The molecule has 1 N–H and O–H groups in total. The third-order valence-corrected chi connectivity index (χ3v) is 3.51. The van der Waals surface area contributed by atoms with Gasteiger partial charge >= 0.3 is 0 Å². The monoisotopic (exact) mass is 296 g/mol. The van der Waals surface area contributed by atoms with Crippen molar-refractivity contribution in [2.75, 3.05) is 12.4 Å². The first kappa shape index (κ1) is 14.0. The molecule has 5 heteroatoms. The number of aromatic nitrogens is 1. The molecule has 0 fully saturated rings. The van der Waals surface area contributed by atoms with Crippen molar-refractivity contribution >= 4 is 28.9 Å². The minimum Gasteiger partial charge on any atom is -0.481 e. The Balaban J connectivity index is 2.10. The maximum atomic E-state index is 6.01. The van der Waals surface area contributed by atoms with Crippen LogP contribution in [0.5, 0.6) is 5.88 Å². The van der Waals surface area contributed by atoms with Gasteiger partial charge in [-0.2, -0.15) is 0 Å². The van der Waals surface area contributed by atoms with E-state index in [2.05, 4.69) is 10.3 Å². The van der Waals surface area contributed by atoms with Crippen molar-refractivity contribution in [3.8, 4) is 5.88 Å². The fourth-order valence-corrected chi connectivity index (χ4v) is 2.01. The summed E-state index contributed by atoms with van der Waals surface area (Å²) in [5, 5.41) is 4.45. The highest BCUT2D eigenvalue weighted by atomic mass is 35.5. The van der Waals surface area contributed by atoms with Gasteiger partial charge in [-0.05, 0) is 30.7 Å². The number of anilines is 1. The summed E-state index contributed by atoms with van der Waals surface area (Å²) in [6, 6.07) is 9.43. The predicted molar refractivity (Wildman–Crippen MR) is 79.3 cm³/mol. The number of halogens is 2. The minimum atomic E-state index is 0.102. The molecule has 3 nitrogen and oxygen atoms in total. The first-order valence-electron chi connectivity index (χ1n) is 5.81. The molecule has 2 aromatic rings. The van der Waals surface area contributed by atoms with Crippen molar-refractivity contribution in [2.24, 2.45) is 0 Å². The van der Waals surface area contributed by atoms with Crippen LogP contribution in [0.15, 0.2) is 36.5 Å². The Labute approximate surface area is 122 Å². The zero-order valence-corrected chi connectivity index (χ0v) is 12.2. The van der Waals surface area contributed by atoms with Gasteiger partial charge in [0.25, 0.3) is 0 Å². The lowest BCUT2D eigenvalue weighted by Crippen LogP contribution is -2.06.